The van der Waals surface area contributed by atoms with E-state index in [4.69, 9.17) is 5.14 Å². The molecule has 178 valence electrons. The number of nitrogens with zero attached hydrogens (tertiary/aromatic N) is 3. The number of thiophene rings is 1. The van der Waals surface area contributed by atoms with Gasteiger partial charge in [-0.25, -0.2) is 23.5 Å². The first kappa shape index (κ1) is 23.9. The SMILES string of the molecule is NS(=O)(=O)c1ccc(-c2cn(-c3cc(-c4ccc(C(F)(F)F)cc4)cc(C(F)(F)F)n3)cn2)s1. The van der Waals surface area contributed by atoms with Crippen LogP contribution in [0.15, 0.2) is 65.3 Å². The molecule has 0 unspecified atom stereocenters. The smallest absolute Gasteiger partial charge is 0.290 e. The van der Waals surface area contributed by atoms with Crippen LogP contribution >= 0.6 is 11.3 Å². The zero-order valence-electron chi connectivity index (χ0n) is 16.6. The van der Waals surface area contributed by atoms with Crippen molar-refractivity contribution in [1.29, 1.82) is 0 Å². The average molecular weight is 518 g/mol. The Kier molecular flexibility index (Phi) is 5.78. The van der Waals surface area contributed by atoms with Crippen LogP contribution in [0.1, 0.15) is 11.3 Å². The van der Waals surface area contributed by atoms with Gasteiger partial charge < -0.3 is 0 Å². The predicted octanol–water partition coefficient (Wildman–Crippen LogP) is 5.35. The van der Waals surface area contributed by atoms with Crippen molar-refractivity contribution in [3.05, 3.63) is 72.3 Å². The summed E-state index contributed by atoms with van der Waals surface area (Å²) >= 11 is 0.831. The number of aromatic nitrogens is 3. The van der Waals surface area contributed by atoms with Crippen molar-refractivity contribution in [2.75, 3.05) is 0 Å². The monoisotopic (exact) mass is 518 g/mol. The van der Waals surface area contributed by atoms with Crippen LogP contribution in [0.2, 0.25) is 0 Å². The van der Waals surface area contributed by atoms with Crippen molar-refractivity contribution in [3.63, 3.8) is 0 Å². The second kappa shape index (κ2) is 8.21. The predicted molar refractivity (Wildman–Crippen MR) is 111 cm³/mol. The van der Waals surface area contributed by atoms with Crippen molar-refractivity contribution in [2.24, 2.45) is 5.14 Å². The molecule has 0 saturated heterocycles. The standard InChI is InChI=1S/C20H12F6N4O2S2/c21-19(22,23)13-3-1-11(2-4-13)12-7-16(20(24,25)26)29-17(8-12)30-9-14(28-10-30)15-5-6-18(33-15)34(27,31)32/h1-10H,(H2,27,31,32). The van der Waals surface area contributed by atoms with E-state index < -0.39 is 33.6 Å². The van der Waals surface area contributed by atoms with Gasteiger partial charge in [-0.3, -0.25) is 4.57 Å². The molecule has 0 fully saturated rings. The molecule has 0 aliphatic heterocycles. The van der Waals surface area contributed by atoms with E-state index in [1.54, 1.807) is 0 Å². The van der Waals surface area contributed by atoms with Crippen molar-refractivity contribution >= 4 is 21.4 Å². The highest BCUT2D eigenvalue weighted by molar-refractivity contribution is 7.91. The van der Waals surface area contributed by atoms with Gasteiger partial charge in [-0.2, -0.15) is 26.3 Å². The van der Waals surface area contributed by atoms with Gasteiger partial charge in [0.05, 0.1) is 16.1 Å². The Labute approximate surface area is 192 Å². The number of rotatable bonds is 4. The fourth-order valence-electron chi connectivity index (χ4n) is 3.00. The summed E-state index contributed by atoms with van der Waals surface area (Å²) in [6.07, 6.45) is -6.88. The zero-order chi connectivity index (χ0) is 24.9. The molecule has 3 heterocycles. The minimum Gasteiger partial charge on any atom is -0.290 e. The normalized spacial score (nSPS) is 12.8. The minimum atomic E-state index is -4.82. The Morgan fingerprint density at radius 1 is 0.882 bits per heavy atom. The van der Waals surface area contributed by atoms with Gasteiger partial charge in [0.2, 0.25) is 10.0 Å². The summed E-state index contributed by atoms with van der Waals surface area (Å²) in [5, 5.41) is 5.08. The molecule has 14 heteroatoms. The summed E-state index contributed by atoms with van der Waals surface area (Å²) in [6, 6.07) is 8.43. The van der Waals surface area contributed by atoms with Gasteiger partial charge in [0.1, 0.15) is 22.0 Å². The molecule has 4 rings (SSSR count). The van der Waals surface area contributed by atoms with Crippen LogP contribution in [0.4, 0.5) is 26.3 Å². The average Bonchev–Trinajstić information content (AvgIpc) is 3.42. The molecule has 0 spiro atoms. The molecule has 0 atom stereocenters. The van der Waals surface area contributed by atoms with Crippen LogP contribution in [0, 0.1) is 0 Å². The quantitative estimate of drug-likeness (QED) is 0.369. The fourth-order valence-corrected chi connectivity index (χ4v) is 4.69. The van der Waals surface area contributed by atoms with Gasteiger partial charge in [-0.15, -0.1) is 11.3 Å². The van der Waals surface area contributed by atoms with Crippen LogP contribution in [-0.4, -0.2) is 23.0 Å². The highest BCUT2D eigenvalue weighted by Gasteiger charge is 2.34. The summed E-state index contributed by atoms with van der Waals surface area (Å²) in [6.45, 7) is 0. The van der Waals surface area contributed by atoms with E-state index in [0.29, 0.717) is 4.88 Å². The summed E-state index contributed by atoms with van der Waals surface area (Å²) in [5.41, 5.74) is -1.80. The van der Waals surface area contributed by atoms with Gasteiger partial charge in [0.25, 0.3) is 0 Å². The molecular formula is C20H12F6N4O2S2. The third-order valence-corrected chi connectivity index (χ3v) is 7.16. The Hall–Kier alpha value is -3.23. The first-order valence-electron chi connectivity index (χ1n) is 9.16. The van der Waals surface area contributed by atoms with Crippen LogP contribution < -0.4 is 5.14 Å². The van der Waals surface area contributed by atoms with Gasteiger partial charge in [-0.05, 0) is 47.5 Å². The number of benzene rings is 1. The topological polar surface area (TPSA) is 90.9 Å². The van der Waals surface area contributed by atoms with Crippen LogP contribution in [-0.2, 0) is 22.4 Å². The van der Waals surface area contributed by atoms with E-state index in [1.807, 2.05) is 0 Å². The van der Waals surface area contributed by atoms with Crippen LogP contribution in [0.25, 0.3) is 27.5 Å². The molecule has 0 radical (unpaired) electrons. The Bertz CT molecular complexity index is 1460. The zero-order valence-corrected chi connectivity index (χ0v) is 18.2. The lowest BCUT2D eigenvalue weighted by molar-refractivity contribution is -0.141. The molecular weight excluding hydrogens is 506 g/mol. The lowest BCUT2D eigenvalue weighted by Gasteiger charge is -2.13. The first-order chi connectivity index (χ1) is 15.7. The molecule has 0 amide bonds. The molecule has 34 heavy (non-hydrogen) atoms. The second-order valence-electron chi connectivity index (χ2n) is 7.00. The van der Waals surface area contributed by atoms with Crippen molar-refractivity contribution in [2.45, 2.75) is 16.6 Å². The van der Waals surface area contributed by atoms with E-state index in [1.165, 1.54) is 35.3 Å². The number of imidazole rings is 1. The summed E-state index contributed by atoms with van der Waals surface area (Å²) in [5.74, 6) is -0.188. The van der Waals surface area contributed by atoms with Crippen LogP contribution in [0.3, 0.4) is 0 Å². The molecule has 2 N–H and O–H groups in total. The van der Waals surface area contributed by atoms with Crippen molar-refractivity contribution in [3.8, 4) is 27.5 Å². The number of halogens is 6. The summed E-state index contributed by atoms with van der Waals surface area (Å²) in [7, 11) is -3.93. The number of pyridine rings is 1. The molecule has 1 aromatic carbocycles. The highest BCUT2D eigenvalue weighted by Crippen LogP contribution is 2.35. The Morgan fingerprint density at radius 3 is 2.12 bits per heavy atom. The second-order valence-corrected chi connectivity index (χ2v) is 9.87. The number of primary sulfonamides is 1. The third-order valence-electron chi connectivity index (χ3n) is 4.61. The van der Waals surface area contributed by atoms with Gasteiger partial charge in [-0.1, -0.05) is 12.1 Å². The lowest BCUT2D eigenvalue weighted by atomic mass is 10.0. The van der Waals surface area contributed by atoms with Gasteiger partial charge >= 0.3 is 12.4 Å². The maximum Gasteiger partial charge on any atom is 0.433 e. The maximum absolute atomic E-state index is 13.5. The van der Waals surface area contributed by atoms with E-state index >= 15 is 0 Å². The molecule has 3 aromatic heterocycles. The minimum absolute atomic E-state index is 0.00562. The third kappa shape index (κ3) is 4.98. The molecule has 0 saturated carbocycles. The van der Waals surface area contributed by atoms with Gasteiger partial charge in [0, 0.05) is 6.20 Å². The number of hydrogen-bond donors (Lipinski definition) is 1. The van der Waals surface area contributed by atoms with Gasteiger partial charge in [0.15, 0.2) is 0 Å². The largest absolute Gasteiger partial charge is 0.433 e. The maximum atomic E-state index is 13.5. The lowest BCUT2D eigenvalue weighted by Crippen LogP contribution is -2.10. The Balaban J connectivity index is 1.76. The first-order valence-corrected chi connectivity index (χ1v) is 11.5. The number of sulfonamides is 1. The molecule has 0 aliphatic carbocycles. The number of alkyl halides is 6. The fraction of sp³-hybridized carbons (Fsp3) is 0.100. The summed E-state index contributed by atoms with van der Waals surface area (Å²) < 4.78 is 103. The molecule has 0 aliphatic rings. The molecule has 0 bridgehead atoms. The van der Waals surface area contributed by atoms with Crippen LogP contribution in [0.5, 0.6) is 0 Å². The highest BCUT2D eigenvalue weighted by atomic mass is 32.2. The van der Waals surface area contributed by atoms with E-state index in [2.05, 4.69) is 9.97 Å². The van der Waals surface area contributed by atoms with E-state index in [9.17, 15) is 34.8 Å². The van der Waals surface area contributed by atoms with Crippen molar-refractivity contribution < 1.29 is 34.8 Å². The van der Waals surface area contributed by atoms with E-state index in [0.717, 1.165) is 41.7 Å². The molecule has 4 aromatic rings. The number of nitrogens with two attached hydrogens (primary N) is 1. The summed E-state index contributed by atoms with van der Waals surface area (Å²) in [4.78, 5) is 8.10. The van der Waals surface area contributed by atoms with Crippen molar-refractivity contribution in [1.82, 2.24) is 14.5 Å². The Morgan fingerprint density at radius 2 is 1.56 bits per heavy atom. The van der Waals surface area contributed by atoms with E-state index in [-0.39, 0.29) is 26.8 Å². The number of hydrogen-bond acceptors (Lipinski definition) is 5. The molecule has 6 nitrogen and oxygen atoms in total.